The van der Waals surface area contributed by atoms with E-state index in [0.717, 1.165) is 11.4 Å². The van der Waals surface area contributed by atoms with Gasteiger partial charge in [-0.2, -0.15) is 5.10 Å². The highest BCUT2D eigenvalue weighted by molar-refractivity contribution is 6.21. The SMILES string of the molecule is CN1N=C(c2ccccc2)C(C)(C)/C1=C/C=C/C1=[N+](C)N=C(c2ccccc2)C1(C)C. The first-order chi connectivity index (χ1) is 14.7. The normalized spacial score (nSPS) is 21.2. The van der Waals surface area contributed by atoms with E-state index in [1.54, 1.807) is 0 Å². The van der Waals surface area contributed by atoms with Gasteiger partial charge in [0.05, 0.1) is 11.1 Å². The Kier molecular flexibility index (Phi) is 5.26. The van der Waals surface area contributed by atoms with Crippen LogP contribution in [0.5, 0.6) is 0 Å². The summed E-state index contributed by atoms with van der Waals surface area (Å²) in [5.74, 6) is 0. The molecule has 4 heteroatoms. The van der Waals surface area contributed by atoms with Crippen molar-refractivity contribution in [1.82, 2.24) is 5.01 Å². The minimum Gasteiger partial charge on any atom is -0.271 e. The maximum atomic E-state index is 4.85. The first kappa shape index (κ1) is 21.0. The smallest absolute Gasteiger partial charge is 0.219 e. The Bertz CT molecular complexity index is 1130. The Morgan fingerprint density at radius 1 is 0.806 bits per heavy atom. The molecule has 158 valence electrons. The van der Waals surface area contributed by atoms with Gasteiger partial charge in [-0.05, 0) is 44.4 Å². The molecule has 0 fully saturated rings. The molecular weight excluding hydrogens is 380 g/mol. The van der Waals surface area contributed by atoms with E-state index in [4.69, 9.17) is 10.2 Å². The maximum absolute atomic E-state index is 4.85. The first-order valence-corrected chi connectivity index (χ1v) is 10.8. The summed E-state index contributed by atoms with van der Waals surface area (Å²) < 4.78 is 1.99. The molecule has 0 radical (unpaired) electrons. The van der Waals surface area contributed by atoms with Gasteiger partial charge in [-0.1, -0.05) is 71.4 Å². The van der Waals surface area contributed by atoms with E-state index in [9.17, 15) is 0 Å². The van der Waals surface area contributed by atoms with Crippen molar-refractivity contribution in [3.63, 3.8) is 0 Å². The predicted octanol–water partition coefficient (Wildman–Crippen LogP) is 5.33. The van der Waals surface area contributed by atoms with Crippen LogP contribution >= 0.6 is 0 Å². The fourth-order valence-electron chi connectivity index (χ4n) is 4.60. The van der Waals surface area contributed by atoms with Gasteiger partial charge in [0.2, 0.25) is 5.71 Å². The summed E-state index contributed by atoms with van der Waals surface area (Å²) in [4.78, 5) is 0. The molecule has 0 spiro atoms. The molecule has 4 nitrogen and oxygen atoms in total. The van der Waals surface area contributed by atoms with Crippen molar-refractivity contribution >= 4 is 17.1 Å². The second-order valence-electron chi connectivity index (χ2n) is 9.22. The fourth-order valence-corrected chi connectivity index (χ4v) is 4.60. The molecule has 31 heavy (non-hydrogen) atoms. The van der Waals surface area contributed by atoms with Crippen LogP contribution in [0.15, 0.2) is 94.8 Å². The van der Waals surface area contributed by atoms with Gasteiger partial charge in [0.1, 0.15) is 11.1 Å². The number of hydrogen-bond donors (Lipinski definition) is 0. The van der Waals surface area contributed by atoms with Crippen molar-refractivity contribution in [3.8, 4) is 0 Å². The van der Waals surface area contributed by atoms with Gasteiger partial charge in [-0.25, -0.2) is 0 Å². The summed E-state index contributed by atoms with van der Waals surface area (Å²) in [6.07, 6.45) is 6.49. The van der Waals surface area contributed by atoms with Crippen molar-refractivity contribution in [2.75, 3.05) is 14.1 Å². The predicted molar refractivity (Wildman–Crippen MR) is 130 cm³/mol. The number of hydrazone groups is 2. The zero-order valence-electron chi connectivity index (χ0n) is 19.3. The van der Waals surface area contributed by atoms with Gasteiger partial charge < -0.3 is 0 Å². The number of benzene rings is 2. The largest absolute Gasteiger partial charge is 0.271 e. The van der Waals surface area contributed by atoms with Gasteiger partial charge in [0.15, 0.2) is 7.05 Å². The van der Waals surface area contributed by atoms with Crippen molar-refractivity contribution in [2.45, 2.75) is 27.7 Å². The first-order valence-electron chi connectivity index (χ1n) is 10.8. The van der Waals surface area contributed by atoms with Crippen molar-refractivity contribution in [3.05, 3.63) is 95.7 Å². The van der Waals surface area contributed by atoms with Gasteiger partial charge in [0, 0.05) is 24.4 Å². The molecule has 2 aliphatic heterocycles. The third-order valence-electron chi connectivity index (χ3n) is 6.26. The van der Waals surface area contributed by atoms with Gasteiger partial charge in [0.25, 0.3) is 0 Å². The zero-order chi connectivity index (χ0) is 22.2. The maximum Gasteiger partial charge on any atom is 0.219 e. The molecule has 0 bridgehead atoms. The summed E-state index contributed by atoms with van der Waals surface area (Å²) in [6.45, 7) is 8.93. The molecule has 2 aliphatic rings. The van der Waals surface area contributed by atoms with E-state index in [1.165, 1.54) is 22.5 Å². The minimum absolute atomic E-state index is 0.173. The molecule has 4 rings (SSSR count). The van der Waals surface area contributed by atoms with Gasteiger partial charge in [-0.15, -0.1) is 0 Å². The summed E-state index contributed by atoms with van der Waals surface area (Å²) in [5, 5.41) is 11.7. The lowest BCUT2D eigenvalue weighted by Gasteiger charge is -2.23. The highest BCUT2D eigenvalue weighted by Crippen LogP contribution is 2.39. The van der Waals surface area contributed by atoms with E-state index in [-0.39, 0.29) is 10.8 Å². The van der Waals surface area contributed by atoms with Crippen LogP contribution in [0, 0.1) is 10.8 Å². The lowest BCUT2D eigenvalue weighted by Crippen LogP contribution is -2.31. The van der Waals surface area contributed by atoms with Crippen LogP contribution < -0.4 is 0 Å². The second-order valence-corrected chi connectivity index (χ2v) is 9.22. The molecule has 0 saturated heterocycles. The fraction of sp³-hybridized carbons (Fsp3) is 0.296. The lowest BCUT2D eigenvalue weighted by molar-refractivity contribution is -0.499. The van der Waals surface area contributed by atoms with E-state index in [0.29, 0.717) is 0 Å². The van der Waals surface area contributed by atoms with Gasteiger partial charge >= 0.3 is 0 Å². The quantitative estimate of drug-likeness (QED) is 0.626. The Morgan fingerprint density at radius 3 is 1.94 bits per heavy atom. The number of nitrogens with zero attached hydrogens (tertiary/aromatic N) is 4. The van der Waals surface area contributed by atoms with E-state index in [1.807, 2.05) is 35.9 Å². The third-order valence-corrected chi connectivity index (χ3v) is 6.26. The molecule has 2 heterocycles. The Hall–Kier alpha value is -3.27. The van der Waals surface area contributed by atoms with Crippen LogP contribution in [0.2, 0.25) is 0 Å². The molecule has 0 saturated carbocycles. The zero-order valence-corrected chi connectivity index (χ0v) is 19.3. The molecule has 0 aromatic heterocycles. The summed E-state index contributed by atoms with van der Waals surface area (Å²) in [5.41, 5.74) is 6.52. The molecule has 0 amide bonds. The molecule has 0 N–H and O–H groups in total. The van der Waals surface area contributed by atoms with Crippen molar-refractivity contribution < 1.29 is 4.68 Å². The number of rotatable bonds is 4. The molecule has 0 unspecified atom stereocenters. The standard InChI is InChI=1S/C27H31N4/c1-26(2)22(30(5)28-24(26)20-14-9-7-10-15-20)18-13-19-23-27(3,4)25(29-31(23)6)21-16-11-8-12-17-21/h7-19H,1-6H3/q+1. The summed E-state index contributed by atoms with van der Waals surface area (Å²) in [7, 11) is 4.04. The van der Waals surface area contributed by atoms with Crippen LogP contribution in [0.4, 0.5) is 0 Å². The van der Waals surface area contributed by atoms with Gasteiger partial charge in [-0.3, -0.25) is 5.01 Å². The third kappa shape index (κ3) is 3.67. The van der Waals surface area contributed by atoms with Crippen LogP contribution in [0.25, 0.3) is 0 Å². The van der Waals surface area contributed by atoms with E-state index >= 15 is 0 Å². The summed E-state index contributed by atoms with van der Waals surface area (Å²) in [6, 6.07) is 20.8. The Labute approximate surface area is 185 Å². The number of allylic oxidation sites excluding steroid dienone is 4. The average molecular weight is 412 g/mol. The van der Waals surface area contributed by atoms with E-state index < -0.39 is 0 Å². The number of hydrogen-bond acceptors (Lipinski definition) is 3. The van der Waals surface area contributed by atoms with Crippen LogP contribution in [-0.4, -0.2) is 40.9 Å². The monoisotopic (exact) mass is 411 g/mol. The average Bonchev–Trinajstić information content (AvgIpc) is 3.12. The molecule has 2 aromatic carbocycles. The van der Waals surface area contributed by atoms with E-state index in [2.05, 4.69) is 94.5 Å². The van der Waals surface area contributed by atoms with Crippen molar-refractivity contribution in [1.29, 1.82) is 0 Å². The molecule has 2 aromatic rings. The van der Waals surface area contributed by atoms with Crippen molar-refractivity contribution in [2.24, 2.45) is 21.0 Å². The molecule has 0 atom stereocenters. The van der Waals surface area contributed by atoms with Crippen LogP contribution in [0.1, 0.15) is 38.8 Å². The Morgan fingerprint density at radius 2 is 1.35 bits per heavy atom. The highest BCUT2D eigenvalue weighted by atomic mass is 15.5. The second kappa shape index (κ2) is 7.77. The Balaban J connectivity index is 1.59. The molecule has 0 aliphatic carbocycles. The lowest BCUT2D eigenvalue weighted by atomic mass is 9.79. The summed E-state index contributed by atoms with van der Waals surface area (Å²) >= 11 is 0. The topological polar surface area (TPSA) is 31.0 Å². The van der Waals surface area contributed by atoms with Crippen LogP contribution in [0.3, 0.4) is 0 Å². The van der Waals surface area contributed by atoms with Crippen LogP contribution in [-0.2, 0) is 0 Å². The molecular formula is C27H31N4+. The minimum atomic E-state index is -0.173. The highest BCUT2D eigenvalue weighted by Gasteiger charge is 2.43.